The fourth-order valence-corrected chi connectivity index (χ4v) is 2.86. The third-order valence-electron chi connectivity index (χ3n) is 4.01. The van der Waals surface area contributed by atoms with Gasteiger partial charge in [0.2, 0.25) is 0 Å². The number of aromatic nitrogens is 2. The molecule has 5 nitrogen and oxygen atoms in total. The molecule has 1 aliphatic rings. The van der Waals surface area contributed by atoms with E-state index in [4.69, 9.17) is 16.7 Å². The number of amides is 1. The Bertz CT molecular complexity index is 682. The molecule has 6 heteroatoms. The number of aliphatic hydroxyl groups is 1. The molecule has 1 aromatic heterocycles. The summed E-state index contributed by atoms with van der Waals surface area (Å²) in [6.45, 7) is 0.831. The normalized spacial score (nSPS) is 14.0. The molecule has 0 saturated heterocycles. The summed E-state index contributed by atoms with van der Waals surface area (Å²) in [7, 11) is 0. The van der Waals surface area contributed by atoms with Crippen molar-refractivity contribution in [2.24, 2.45) is 0 Å². The van der Waals surface area contributed by atoms with Crippen LogP contribution in [0.5, 0.6) is 0 Å². The number of hydrogen-bond acceptors (Lipinski definition) is 3. The van der Waals surface area contributed by atoms with Crippen LogP contribution in [-0.2, 0) is 0 Å². The first kappa shape index (κ1) is 16.0. The fourth-order valence-electron chi connectivity index (χ4n) is 2.62. The number of hydrogen-bond donors (Lipinski definition) is 2. The quantitative estimate of drug-likeness (QED) is 0.765. The van der Waals surface area contributed by atoms with Gasteiger partial charge in [-0.1, -0.05) is 29.8 Å². The van der Waals surface area contributed by atoms with E-state index < -0.39 is 0 Å². The smallest absolute Gasteiger partial charge is 0.272 e. The maximum Gasteiger partial charge on any atom is 0.272 e. The Morgan fingerprint density at radius 2 is 2.13 bits per heavy atom. The molecule has 0 bridgehead atoms. The molecule has 1 saturated carbocycles. The SMILES string of the molecule is O=C(c1cc(-c2ccccc2Cl)n[nH]1)N(CCCCO)C1CC1. The van der Waals surface area contributed by atoms with Gasteiger partial charge in [-0.2, -0.15) is 5.10 Å². The zero-order chi connectivity index (χ0) is 16.2. The van der Waals surface area contributed by atoms with Crippen LogP contribution in [0, 0.1) is 0 Å². The third kappa shape index (κ3) is 3.74. The zero-order valence-electron chi connectivity index (χ0n) is 12.8. The summed E-state index contributed by atoms with van der Waals surface area (Å²) in [5.41, 5.74) is 1.96. The monoisotopic (exact) mass is 333 g/mol. The zero-order valence-corrected chi connectivity index (χ0v) is 13.6. The molecular formula is C17H20ClN3O2. The van der Waals surface area contributed by atoms with Crippen LogP contribution in [0.25, 0.3) is 11.3 Å². The molecule has 1 aromatic carbocycles. The van der Waals surface area contributed by atoms with Crippen molar-refractivity contribution in [2.45, 2.75) is 31.7 Å². The number of rotatable bonds is 7. The van der Waals surface area contributed by atoms with Gasteiger partial charge in [0.05, 0.1) is 10.7 Å². The minimum absolute atomic E-state index is 0.0313. The molecule has 1 heterocycles. The summed E-state index contributed by atoms with van der Waals surface area (Å²) in [4.78, 5) is 14.6. The molecule has 0 aliphatic heterocycles. The first-order valence-corrected chi connectivity index (χ1v) is 8.30. The Balaban J connectivity index is 1.76. The second-order valence-electron chi connectivity index (χ2n) is 5.81. The van der Waals surface area contributed by atoms with Gasteiger partial charge >= 0.3 is 0 Å². The minimum atomic E-state index is -0.0313. The summed E-state index contributed by atoms with van der Waals surface area (Å²) in [6, 6.07) is 9.52. The summed E-state index contributed by atoms with van der Waals surface area (Å²) in [5.74, 6) is -0.0313. The second kappa shape index (κ2) is 7.15. The number of carbonyl (C=O) groups excluding carboxylic acids is 1. The topological polar surface area (TPSA) is 69.2 Å². The number of benzene rings is 1. The highest BCUT2D eigenvalue weighted by Crippen LogP contribution is 2.30. The maximum atomic E-state index is 12.7. The van der Waals surface area contributed by atoms with Crippen molar-refractivity contribution in [1.29, 1.82) is 0 Å². The molecule has 2 aromatic rings. The summed E-state index contributed by atoms with van der Waals surface area (Å²) in [6.07, 6.45) is 3.63. The van der Waals surface area contributed by atoms with Crippen LogP contribution >= 0.6 is 11.6 Å². The number of carbonyl (C=O) groups is 1. The van der Waals surface area contributed by atoms with Crippen molar-refractivity contribution in [1.82, 2.24) is 15.1 Å². The van der Waals surface area contributed by atoms with Gasteiger partial charge in [0, 0.05) is 24.8 Å². The highest BCUT2D eigenvalue weighted by Gasteiger charge is 2.33. The molecule has 122 valence electrons. The van der Waals surface area contributed by atoms with E-state index in [0.717, 1.165) is 24.8 Å². The Morgan fingerprint density at radius 1 is 1.35 bits per heavy atom. The lowest BCUT2D eigenvalue weighted by Gasteiger charge is -2.21. The van der Waals surface area contributed by atoms with Crippen LogP contribution in [0.3, 0.4) is 0 Å². The van der Waals surface area contributed by atoms with Crippen LogP contribution in [0.1, 0.15) is 36.2 Å². The molecule has 23 heavy (non-hydrogen) atoms. The van der Waals surface area contributed by atoms with Crippen molar-refractivity contribution in [3.63, 3.8) is 0 Å². The molecule has 3 rings (SSSR count). The molecule has 1 aliphatic carbocycles. The molecule has 0 radical (unpaired) electrons. The van der Waals surface area contributed by atoms with E-state index in [1.54, 1.807) is 12.1 Å². The predicted octanol–water partition coefficient (Wildman–Crippen LogP) is 3.11. The molecular weight excluding hydrogens is 314 g/mol. The van der Waals surface area contributed by atoms with Gasteiger partial charge < -0.3 is 10.0 Å². The van der Waals surface area contributed by atoms with E-state index in [0.29, 0.717) is 35.4 Å². The Kier molecular flexibility index (Phi) is 4.98. The van der Waals surface area contributed by atoms with Gasteiger partial charge in [0.25, 0.3) is 5.91 Å². The van der Waals surface area contributed by atoms with Gasteiger partial charge in [-0.15, -0.1) is 0 Å². The molecule has 1 fully saturated rings. The van der Waals surface area contributed by atoms with Crippen molar-refractivity contribution in [3.05, 3.63) is 41.0 Å². The van der Waals surface area contributed by atoms with Crippen LogP contribution in [0.15, 0.2) is 30.3 Å². The van der Waals surface area contributed by atoms with Gasteiger partial charge in [-0.05, 0) is 37.8 Å². The van der Waals surface area contributed by atoms with E-state index in [-0.39, 0.29) is 12.5 Å². The van der Waals surface area contributed by atoms with Gasteiger partial charge in [-0.25, -0.2) is 0 Å². The lowest BCUT2D eigenvalue weighted by Crippen LogP contribution is -2.34. The number of nitrogens with zero attached hydrogens (tertiary/aromatic N) is 2. The van der Waals surface area contributed by atoms with Gasteiger partial charge in [-0.3, -0.25) is 9.89 Å². The average molecular weight is 334 g/mol. The first-order chi connectivity index (χ1) is 11.2. The fraction of sp³-hybridized carbons (Fsp3) is 0.412. The van der Waals surface area contributed by atoms with Crippen LogP contribution in [0.4, 0.5) is 0 Å². The maximum absolute atomic E-state index is 12.7. The van der Waals surface area contributed by atoms with E-state index in [1.807, 2.05) is 23.1 Å². The molecule has 0 spiro atoms. The van der Waals surface area contributed by atoms with Crippen LogP contribution in [0.2, 0.25) is 5.02 Å². The lowest BCUT2D eigenvalue weighted by molar-refractivity contribution is 0.0731. The number of halogens is 1. The lowest BCUT2D eigenvalue weighted by atomic mass is 10.1. The summed E-state index contributed by atoms with van der Waals surface area (Å²) < 4.78 is 0. The second-order valence-corrected chi connectivity index (χ2v) is 6.21. The highest BCUT2D eigenvalue weighted by molar-refractivity contribution is 6.33. The van der Waals surface area contributed by atoms with Crippen molar-refractivity contribution < 1.29 is 9.90 Å². The van der Waals surface area contributed by atoms with E-state index in [9.17, 15) is 4.79 Å². The van der Waals surface area contributed by atoms with Crippen LogP contribution in [-0.4, -0.2) is 45.3 Å². The Labute approximate surface area is 140 Å². The van der Waals surface area contributed by atoms with Crippen molar-refractivity contribution >= 4 is 17.5 Å². The van der Waals surface area contributed by atoms with E-state index >= 15 is 0 Å². The third-order valence-corrected chi connectivity index (χ3v) is 4.34. The van der Waals surface area contributed by atoms with E-state index in [1.165, 1.54) is 0 Å². The number of aromatic amines is 1. The molecule has 1 amide bonds. The summed E-state index contributed by atoms with van der Waals surface area (Å²) in [5, 5.41) is 16.6. The number of nitrogens with one attached hydrogen (secondary N) is 1. The van der Waals surface area contributed by atoms with Gasteiger partial charge in [0.1, 0.15) is 5.69 Å². The van der Waals surface area contributed by atoms with E-state index in [2.05, 4.69) is 10.2 Å². The van der Waals surface area contributed by atoms with Crippen molar-refractivity contribution in [2.75, 3.05) is 13.2 Å². The average Bonchev–Trinajstić information content (AvgIpc) is 3.28. The number of unbranched alkanes of at least 4 members (excludes halogenated alkanes) is 1. The number of H-pyrrole nitrogens is 1. The van der Waals surface area contributed by atoms with Gasteiger partial charge in [0.15, 0.2) is 0 Å². The molecule has 0 atom stereocenters. The van der Waals surface area contributed by atoms with Crippen molar-refractivity contribution in [3.8, 4) is 11.3 Å². The summed E-state index contributed by atoms with van der Waals surface area (Å²) >= 11 is 6.18. The molecule has 2 N–H and O–H groups in total. The standard InChI is InChI=1S/C17H20ClN3O2/c18-14-6-2-1-5-13(14)15-11-16(20-19-15)17(23)21(12-7-8-12)9-3-4-10-22/h1-2,5-6,11-12,22H,3-4,7-10H2,(H,19,20). The predicted molar refractivity (Wildman–Crippen MR) is 89.4 cm³/mol. The largest absolute Gasteiger partial charge is 0.396 e. The van der Waals surface area contributed by atoms with Crippen LogP contribution < -0.4 is 0 Å². The number of aliphatic hydroxyl groups excluding tert-OH is 1. The molecule has 0 unspecified atom stereocenters. The Hall–Kier alpha value is -1.85. The minimum Gasteiger partial charge on any atom is -0.396 e. The Morgan fingerprint density at radius 3 is 2.83 bits per heavy atom. The highest BCUT2D eigenvalue weighted by atomic mass is 35.5. The first-order valence-electron chi connectivity index (χ1n) is 7.93.